The van der Waals surface area contributed by atoms with E-state index in [4.69, 9.17) is 9.56 Å². The van der Waals surface area contributed by atoms with Crippen molar-refractivity contribution in [3.8, 4) is 11.3 Å². The molecular weight excluding hydrogens is 412 g/mol. The summed E-state index contributed by atoms with van der Waals surface area (Å²) in [7, 11) is -3.77. The highest BCUT2D eigenvalue weighted by Gasteiger charge is 2.36. The number of sulfonamides is 1. The lowest BCUT2D eigenvalue weighted by Crippen LogP contribution is -2.27. The fraction of sp³-hybridized carbons (Fsp3) is 0. The van der Waals surface area contributed by atoms with Crippen molar-refractivity contribution >= 4 is 44.7 Å². The van der Waals surface area contributed by atoms with Gasteiger partial charge >= 0.3 is 0 Å². The van der Waals surface area contributed by atoms with Crippen LogP contribution in [0.1, 0.15) is 5.76 Å². The summed E-state index contributed by atoms with van der Waals surface area (Å²) in [6.07, 6.45) is 1.51. The van der Waals surface area contributed by atoms with E-state index in [0.29, 0.717) is 22.8 Å². The molecule has 0 saturated carbocycles. The van der Waals surface area contributed by atoms with Crippen LogP contribution in [-0.2, 0) is 14.8 Å². The summed E-state index contributed by atoms with van der Waals surface area (Å²) in [5.74, 6) is 0.468. The van der Waals surface area contributed by atoms with Crippen LogP contribution in [0.2, 0.25) is 0 Å². The molecule has 3 aromatic rings. The zero-order valence-electron chi connectivity index (χ0n) is 14.8. The number of thioether (sulfide) groups is 1. The first-order chi connectivity index (χ1) is 13.8. The number of benzene rings is 2. The maximum Gasteiger partial charge on any atom is 0.298 e. The van der Waals surface area contributed by atoms with E-state index in [0.717, 1.165) is 16.7 Å². The lowest BCUT2D eigenvalue weighted by Gasteiger charge is -2.11. The number of nitrogens with two attached hydrogens (primary N) is 1. The number of carbonyl (C=O) groups excluding carboxylic acids is 2. The molecular formula is C20H14N2O5S2. The highest BCUT2D eigenvalue weighted by atomic mass is 32.2. The van der Waals surface area contributed by atoms with Gasteiger partial charge in [0.05, 0.1) is 15.5 Å². The normalized spacial score (nSPS) is 16.0. The van der Waals surface area contributed by atoms with Crippen molar-refractivity contribution < 1.29 is 22.4 Å². The van der Waals surface area contributed by atoms with E-state index in [1.54, 1.807) is 54.6 Å². The topological polar surface area (TPSA) is 111 Å². The molecule has 4 rings (SSSR count). The highest BCUT2D eigenvalue weighted by Crippen LogP contribution is 2.36. The Morgan fingerprint density at radius 1 is 0.931 bits per heavy atom. The Hall–Kier alpha value is -3.14. The lowest BCUT2D eigenvalue weighted by atomic mass is 10.2. The van der Waals surface area contributed by atoms with Crippen molar-refractivity contribution in [2.24, 2.45) is 5.14 Å². The molecule has 1 fully saturated rings. The zero-order valence-corrected chi connectivity index (χ0v) is 16.4. The summed E-state index contributed by atoms with van der Waals surface area (Å²) in [6, 6.07) is 18.0. The lowest BCUT2D eigenvalue weighted by molar-refractivity contribution is -0.113. The van der Waals surface area contributed by atoms with Crippen LogP contribution in [0.25, 0.3) is 17.4 Å². The number of imide groups is 1. The molecule has 2 amide bonds. The van der Waals surface area contributed by atoms with Gasteiger partial charge in [-0.2, -0.15) is 0 Å². The van der Waals surface area contributed by atoms with Gasteiger partial charge in [-0.1, -0.05) is 18.2 Å². The number of rotatable bonds is 4. The maximum absolute atomic E-state index is 12.6. The molecule has 29 heavy (non-hydrogen) atoms. The van der Waals surface area contributed by atoms with Crippen molar-refractivity contribution in [1.82, 2.24) is 0 Å². The number of amides is 2. The van der Waals surface area contributed by atoms with E-state index in [2.05, 4.69) is 0 Å². The van der Waals surface area contributed by atoms with Gasteiger partial charge < -0.3 is 4.42 Å². The van der Waals surface area contributed by atoms with Crippen LogP contribution in [0.5, 0.6) is 0 Å². The molecule has 1 aliphatic heterocycles. The number of carbonyl (C=O) groups is 2. The minimum absolute atomic E-state index is 0.00242. The number of primary sulfonamides is 1. The molecule has 0 radical (unpaired) electrons. The quantitative estimate of drug-likeness (QED) is 0.635. The van der Waals surface area contributed by atoms with E-state index in [1.807, 2.05) is 0 Å². The molecule has 2 N–H and O–H groups in total. The zero-order chi connectivity index (χ0) is 20.6. The fourth-order valence-corrected chi connectivity index (χ4v) is 4.13. The van der Waals surface area contributed by atoms with Crippen LogP contribution >= 0.6 is 11.8 Å². The van der Waals surface area contributed by atoms with Crippen LogP contribution in [0, 0.1) is 0 Å². The predicted octanol–water partition coefficient (Wildman–Crippen LogP) is 3.83. The number of furan rings is 1. The highest BCUT2D eigenvalue weighted by molar-refractivity contribution is 8.19. The summed E-state index contributed by atoms with van der Waals surface area (Å²) in [6.45, 7) is 0. The van der Waals surface area contributed by atoms with Gasteiger partial charge in [0.25, 0.3) is 11.1 Å². The first kappa shape index (κ1) is 19.2. The number of para-hydroxylation sites is 1. The largest absolute Gasteiger partial charge is 0.457 e. The van der Waals surface area contributed by atoms with Crippen LogP contribution in [-0.4, -0.2) is 19.6 Å². The van der Waals surface area contributed by atoms with Crippen molar-refractivity contribution in [3.63, 3.8) is 0 Å². The van der Waals surface area contributed by atoms with Crippen LogP contribution in [0.3, 0.4) is 0 Å². The van der Waals surface area contributed by atoms with E-state index in [-0.39, 0.29) is 15.0 Å². The van der Waals surface area contributed by atoms with E-state index >= 15 is 0 Å². The van der Waals surface area contributed by atoms with Crippen molar-refractivity contribution in [2.75, 3.05) is 4.90 Å². The second-order valence-corrected chi connectivity index (χ2v) is 8.68. The van der Waals surface area contributed by atoms with Gasteiger partial charge in [0.1, 0.15) is 11.5 Å². The molecule has 1 aliphatic rings. The van der Waals surface area contributed by atoms with E-state index in [9.17, 15) is 18.0 Å². The second-order valence-electron chi connectivity index (χ2n) is 6.12. The summed E-state index contributed by atoms with van der Waals surface area (Å²) < 4.78 is 28.4. The fourth-order valence-electron chi connectivity index (χ4n) is 2.79. The average Bonchev–Trinajstić information content (AvgIpc) is 3.27. The monoisotopic (exact) mass is 426 g/mol. The molecule has 0 atom stereocenters. The van der Waals surface area contributed by atoms with Gasteiger partial charge in [-0.05, 0) is 60.3 Å². The van der Waals surface area contributed by atoms with Gasteiger partial charge in [-0.25, -0.2) is 18.5 Å². The average molecular weight is 426 g/mol. The standard InChI is InChI=1S/C20H14N2O5S2/c21-29(25,26)16-9-6-13(7-10-16)17-11-8-15(27-17)12-18-19(23)22(20(24)28-18)14-4-2-1-3-5-14/h1-12H,(H2,21,25,26)/b18-12-. The Labute approximate surface area is 170 Å². The van der Waals surface area contributed by atoms with Gasteiger partial charge in [0.15, 0.2) is 0 Å². The van der Waals surface area contributed by atoms with Gasteiger partial charge in [-0.15, -0.1) is 0 Å². The predicted molar refractivity (Wildman–Crippen MR) is 110 cm³/mol. The number of anilines is 1. The SMILES string of the molecule is NS(=O)(=O)c1ccc(-c2ccc(/C=C3\SC(=O)N(c4ccccc4)C3=O)o2)cc1. The molecule has 1 aromatic heterocycles. The van der Waals surface area contributed by atoms with Gasteiger partial charge in [0, 0.05) is 11.6 Å². The molecule has 2 aromatic carbocycles. The van der Waals surface area contributed by atoms with Crippen molar-refractivity contribution in [3.05, 3.63) is 77.4 Å². The van der Waals surface area contributed by atoms with Crippen LogP contribution in [0.15, 0.2) is 80.9 Å². The molecule has 0 unspecified atom stereocenters. The Kier molecular flexibility index (Phi) is 4.87. The molecule has 1 saturated heterocycles. The first-order valence-corrected chi connectivity index (χ1v) is 10.8. The third-order valence-electron chi connectivity index (χ3n) is 4.18. The van der Waals surface area contributed by atoms with Crippen LogP contribution < -0.4 is 10.0 Å². The number of hydrogen-bond acceptors (Lipinski definition) is 6. The van der Waals surface area contributed by atoms with Crippen molar-refractivity contribution in [2.45, 2.75) is 4.90 Å². The Morgan fingerprint density at radius 3 is 2.28 bits per heavy atom. The second kappa shape index (κ2) is 7.36. The van der Waals surface area contributed by atoms with E-state index in [1.165, 1.54) is 18.2 Å². The van der Waals surface area contributed by atoms with Gasteiger partial charge in [-0.3, -0.25) is 9.59 Å². The summed E-state index contributed by atoms with van der Waals surface area (Å²) in [4.78, 5) is 26.3. The molecule has 146 valence electrons. The minimum Gasteiger partial charge on any atom is -0.457 e. The molecule has 9 heteroatoms. The van der Waals surface area contributed by atoms with E-state index < -0.39 is 15.9 Å². The molecule has 2 heterocycles. The first-order valence-electron chi connectivity index (χ1n) is 8.39. The summed E-state index contributed by atoms with van der Waals surface area (Å²) >= 11 is 0.839. The summed E-state index contributed by atoms with van der Waals surface area (Å²) in [5, 5.41) is 4.72. The molecule has 0 bridgehead atoms. The Balaban J connectivity index is 1.58. The number of hydrogen-bond donors (Lipinski definition) is 1. The Bertz CT molecular complexity index is 1230. The summed E-state index contributed by atoms with van der Waals surface area (Å²) in [5.41, 5.74) is 1.16. The smallest absolute Gasteiger partial charge is 0.298 e. The maximum atomic E-state index is 12.6. The third kappa shape index (κ3) is 3.88. The molecule has 0 spiro atoms. The molecule has 7 nitrogen and oxygen atoms in total. The number of nitrogens with zero attached hydrogens (tertiary/aromatic N) is 1. The van der Waals surface area contributed by atoms with Crippen molar-refractivity contribution in [1.29, 1.82) is 0 Å². The third-order valence-corrected chi connectivity index (χ3v) is 5.97. The Morgan fingerprint density at radius 2 is 1.62 bits per heavy atom. The minimum atomic E-state index is -3.77. The van der Waals surface area contributed by atoms with Crippen LogP contribution in [0.4, 0.5) is 10.5 Å². The van der Waals surface area contributed by atoms with Gasteiger partial charge in [0.2, 0.25) is 10.0 Å². The molecule has 0 aliphatic carbocycles.